The van der Waals surface area contributed by atoms with Crippen LogP contribution in [0.2, 0.25) is 5.02 Å². The molecule has 0 bridgehead atoms. The summed E-state index contributed by atoms with van der Waals surface area (Å²) in [5, 5.41) is 2.71. The minimum atomic E-state index is -4.05. The zero-order chi connectivity index (χ0) is 18.6. The summed E-state index contributed by atoms with van der Waals surface area (Å²) < 4.78 is 45.1. The van der Waals surface area contributed by atoms with Gasteiger partial charge in [0.2, 0.25) is 15.9 Å². The van der Waals surface area contributed by atoms with Gasteiger partial charge in [0.05, 0.1) is 13.2 Å². The van der Waals surface area contributed by atoms with Gasteiger partial charge in [-0.3, -0.25) is 4.79 Å². The third kappa shape index (κ3) is 4.91. The van der Waals surface area contributed by atoms with Gasteiger partial charge in [-0.05, 0) is 49.4 Å². The van der Waals surface area contributed by atoms with Crippen LogP contribution in [0.4, 0.5) is 10.1 Å². The summed E-state index contributed by atoms with van der Waals surface area (Å²) in [4.78, 5) is 12.0. The van der Waals surface area contributed by atoms with Gasteiger partial charge in [0.15, 0.2) is 0 Å². The Balaban J connectivity index is 2.15. The maximum atomic E-state index is 12.9. The first kappa shape index (κ1) is 19.2. The van der Waals surface area contributed by atoms with Crippen LogP contribution in [0.5, 0.6) is 5.75 Å². The normalized spacial score (nSPS) is 12.5. The molecular formula is C16H16ClFN2O4S. The van der Waals surface area contributed by atoms with Crippen LogP contribution < -0.4 is 14.8 Å². The lowest BCUT2D eigenvalue weighted by atomic mass is 10.3. The maximum Gasteiger partial charge on any atom is 0.245 e. The molecule has 0 aliphatic heterocycles. The second-order valence-corrected chi connectivity index (χ2v) is 7.25. The molecule has 2 aromatic rings. The number of ether oxygens (including phenoxy) is 1. The number of halogens is 2. The van der Waals surface area contributed by atoms with Crippen molar-refractivity contribution >= 4 is 33.2 Å². The molecule has 0 aliphatic rings. The number of anilines is 1. The van der Waals surface area contributed by atoms with Gasteiger partial charge in [0.25, 0.3) is 0 Å². The van der Waals surface area contributed by atoms with Crippen molar-refractivity contribution < 1.29 is 22.3 Å². The number of nitrogens with one attached hydrogen (secondary N) is 2. The first-order chi connectivity index (χ1) is 11.7. The molecule has 1 atom stereocenters. The monoisotopic (exact) mass is 386 g/mol. The molecule has 0 heterocycles. The Kier molecular flexibility index (Phi) is 5.99. The van der Waals surface area contributed by atoms with E-state index < -0.39 is 27.8 Å². The van der Waals surface area contributed by atoms with Crippen LogP contribution in [0.3, 0.4) is 0 Å². The minimum Gasteiger partial charge on any atom is -0.495 e. The summed E-state index contributed by atoms with van der Waals surface area (Å²) in [6.07, 6.45) is 0. The Hall–Kier alpha value is -2.16. The summed E-state index contributed by atoms with van der Waals surface area (Å²) >= 11 is 5.84. The van der Waals surface area contributed by atoms with Gasteiger partial charge in [-0.15, -0.1) is 0 Å². The van der Waals surface area contributed by atoms with Gasteiger partial charge in [-0.1, -0.05) is 11.6 Å². The molecule has 0 aliphatic carbocycles. The Morgan fingerprint density at radius 3 is 2.44 bits per heavy atom. The molecule has 0 spiro atoms. The molecule has 0 saturated carbocycles. The summed E-state index contributed by atoms with van der Waals surface area (Å²) in [5.41, 5.74) is 0.345. The standard InChI is InChI=1S/C16H16ClFN2O4S/c1-10(16(21)19-13-6-4-12(18)5-7-13)20-25(22,23)15-9-11(17)3-8-14(15)24-2/h3-10,20H,1-2H3,(H,19,21)/t10-/m1/s1. The van der Waals surface area contributed by atoms with Crippen molar-refractivity contribution in [3.8, 4) is 5.75 Å². The van der Waals surface area contributed by atoms with Crippen molar-refractivity contribution in [3.63, 3.8) is 0 Å². The topological polar surface area (TPSA) is 84.5 Å². The molecule has 2 rings (SSSR count). The third-order valence-electron chi connectivity index (χ3n) is 3.25. The number of hydrogen-bond donors (Lipinski definition) is 2. The van der Waals surface area contributed by atoms with Crippen LogP contribution in [0.25, 0.3) is 0 Å². The number of sulfonamides is 1. The SMILES string of the molecule is COc1ccc(Cl)cc1S(=O)(=O)N[C@H](C)C(=O)Nc1ccc(F)cc1. The van der Waals surface area contributed by atoms with E-state index in [1.165, 1.54) is 56.5 Å². The summed E-state index contributed by atoms with van der Waals surface area (Å²) in [6.45, 7) is 1.38. The second kappa shape index (κ2) is 7.81. The van der Waals surface area contributed by atoms with Crippen molar-refractivity contribution in [2.24, 2.45) is 0 Å². The highest BCUT2D eigenvalue weighted by atomic mass is 35.5. The molecule has 25 heavy (non-hydrogen) atoms. The molecule has 2 N–H and O–H groups in total. The summed E-state index contributed by atoms with van der Waals surface area (Å²) in [5.74, 6) is -0.945. The minimum absolute atomic E-state index is 0.100. The van der Waals surface area contributed by atoms with Crippen molar-refractivity contribution in [1.29, 1.82) is 0 Å². The lowest BCUT2D eigenvalue weighted by Gasteiger charge is -2.16. The fourth-order valence-corrected chi connectivity index (χ4v) is 3.63. The predicted molar refractivity (Wildman–Crippen MR) is 92.8 cm³/mol. The molecule has 0 saturated heterocycles. The highest BCUT2D eigenvalue weighted by Crippen LogP contribution is 2.27. The quantitative estimate of drug-likeness (QED) is 0.799. The number of amides is 1. The van der Waals surface area contributed by atoms with E-state index in [0.29, 0.717) is 5.69 Å². The molecule has 134 valence electrons. The number of methoxy groups -OCH3 is 1. The summed E-state index contributed by atoms with van der Waals surface area (Å²) in [6, 6.07) is 8.15. The Morgan fingerprint density at radius 2 is 1.84 bits per heavy atom. The van der Waals surface area contributed by atoms with Gasteiger partial charge < -0.3 is 10.1 Å². The molecule has 0 unspecified atom stereocenters. The fraction of sp³-hybridized carbons (Fsp3) is 0.188. The van der Waals surface area contributed by atoms with E-state index in [4.69, 9.17) is 16.3 Å². The molecule has 0 radical (unpaired) electrons. The number of hydrogen-bond acceptors (Lipinski definition) is 4. The van der Waals surface area contributed by atoms with E-state index in [0.717, 1.165) is 0 Å². The maximum absolute atomic E-state index is 12.9. The average Bonchev–Trinajstić information content (AvgIpc) is 2.56. The highest BCUT2D eigenvalue weighted by molar-refractivity contribution is 7.89. The van der Waals surface area contributed by atoms with E-state index in [-0.39, 0.29) is 15.7 Å². The van der Waals surface area contributed by atoms with Crippen molar-refractivity contribution in [2.75, 3.05) is 12.4 Å². The average molecular weight is 387 g/mol. The van der Waals surface area contributed by atoms with Crippen LogP contribution in [-0.2, 0) is 14.8 Å². The van der Waals surface area contributed by atoms with Crippen molar-refractivity contribution in [3.05, 3.63) is 53.3 Å². The van der Waals surface area contributed by atoms with E-state index in [1.54, 1.807) is 0 Å². The van der Waals surface area contributed by atoms with E-state index in [2.05, 4.69) is 10.0 Å². The van der Waals surface area contributed by atoms with E-state index in [9.17, 15) is 17.6 Å². The van der Waals surface area contributed by atoms with Gasteiger partial charge in [-0.25, -0.2) is 12.8 Å². The van der Waals surface area contributed by atoms with Crippen LogP contribution in [-0.4, -0.2) is 27.5 Å². The number of rotatable bonds is 6. The lowest BCUT2D eigenvalue weighted by Crippen LogP contribution is -2.41. The molecule has 0 aromatic heterocycles. The van der Waals surface area contributed by atoms with Crippen LogP contribution in [0, 0.1) is 5.82 Å². The Labute approximate surface area is 150 Å². The predicted octanol–water partition coefficient (Wildman–Crippen LogP) is 2.79. The first-order valence-corrected chi connectivity index (χ1v) is 9.01. The molecule has 9 heteroatoms. The zero-order valence-electron chi connectivity index (χ0n) is 13.4. The first-order valence-electron chi connectivity index (χ1n) is 7.15. The molecule has 6 nitrogen and oxygen atoms in total. The Bertz CT molecular complexity index is 872. The molecule has 2 aromatic carbocycles. The fourth-order valence-electron chi connectivity index (χ4n) is 1.99. The van der Waals surface area contributed by atoms with Crippen molar-refractivity contribution in [2.45, 2.75) is 17.9 Å². The molecule has 1 amide bonds. The number of carbonyl (C=O) groups is 1. The molecular weight excluding hydrogens is 371 g/mol. The molecule has 0 fully saturated rings. The largest absolute Gasteiger partial charge is 0.495 e. The number of carbonyl (C=O) groups excluding carboxylic acids is 1. The van der Waals surface area contributed by atoms with E-state index >= 15 is 0 Å². The van der Waals surface area contributed by atoms with E-state index in [1.807, 2.05) is 0 Å². The zero-order valence-corrected chi connectivity index (χ0v) is 15.0. The van der Waals surface area contributed by atoms with Crippen molar-refractivity contribution in [1.82, 2.24) is 4.72 Å². The highest BCUT2D eigenvalue weighted by Gasteiger charge is 2.25. The second-order valence-electron chi connectivity index (χ2n) is 5.13. The number of benzene rings is 2. The Morgan fingerprint density at radius 1 is 1.20 bits per heavy atom. The van der Waals surface area contributed by atoms with Gasteiger partial charge >= 0.3 is 0 Å². The van der Waals surface area contributed by atoms with Crippen LogP contribution in [0.1, 0.15) is 6.92 Å². The third-order valence-corrected chi connectivity index (χ3v) is 5.05. The lowest BCUT2D eigenvalue weighted by molar-refractivity contribution is -0.117. The smallest absolute Gasteiger partial charge is 0.245 e. The van der Waals surface area contributed by atoms with Crippen LogP contribution >= 0.6 is 11.6 Å². The summed E-state index contributed by atoms with van der Waals surface area (Å²) in [7, 11) is -2.72. The van der Waals surface area contributed by atoms with Gasteiger partial charge in [0.1, 0.15) is 16.5 Å². The van der Waals surface area contributed by atoms with Crippen LogP contribution in [0.15, 0.2) is 47.4 Å². The van der Waals surface area contributed by atoms with Gasteiger partial charge in [0, 0.05) is 10.7 Å². The van der Waals surface area contributed by atoms with Gasteiger partial charge in [-0.2, -0.15) is 4.72 Å².